The van der Waals surface area contributed by atoms with Gasteiger partial charge in [0.25, 0.3) is 0 Å². The fourth-order valence-corrected chi connectivity index (χ4v) is 2.35. The number of nitrogens with one attached hydrogen (secondary N) is 3. The Hall–Kier alpha value is -2.89. The minimum absolute atomic E-state index is 0.536. The van der Waals surface area contributed by atoms with E-state index in [2.05, 4.69) is 62.8 Å². The SMILES string of the molecule is Cc1ccc(CNc2nc(Nc3cc(C)cc(C)c3)n[nH]2)nc1. The normalized spacial score (nSPS) is 10.6. The average Bonchev–Trinajstić information content (AvgIpc) is 2.93. The van der Waals surface area contributed by atoms with Gasteiger partial charge in [0.05, 0.1) is 12.2 Å². The van der Waals surface area contributed by atoms with Crippen LogP contribution in [0.25, 0.3) is 0 Å². The van der Waals surface area contributed by atoms with Gasteiger partial charge in [-0.25, -0.2) is 5.10 Å². The van der Waals surface area contributed by atoms with E-state index in [0.717, 1.165) is 16.9 Å². The van der Waals surface area contributed by atoms with E-state index in [4.69, 9.17) is 0 Å². The van der Waals surface area contributed by atoms with Crippen molar-refractivity contribution in [3.05, 3.63) is 58.9 Å². The summed E-state index contributed by atoms with van der Waals surface area (Å²) in [7, 11) is 0. The quantitative estimate of drug-likeness (QED) is 0.672. The molecule has 2 aromatic heterocycles. The Kier molecular flexibility index (Phi) is 4.23. The molecule has 0 unspecified atom stereocenters. The summed E-state index contributed by atoms with van der Waals surface area (Å²) in [5.41, 5.74) is 5.48. The molecule has 23 heavy (non-hydrogen) atoms. The molecule has 0 fully saturated rings. The van der Waals surface area contributed by atoms with Gasteiger partial charge in [-0.15, -0.1) is 5.10 Å². The lowest BCUT2D eigenvalue weighted by molar-refractivity contribution is 0.997. The van der Waals surface area contributed by atoms with Crippen LogP contribution in [0.3, 0.4) is 0 Å². The van der Waals surface area contributed by atoms with Crippen molar-refractivity contribution in [3.8, 4) is 0 Å². The highest BCUT2D eigenvalue weighted by Crippen LogP contribution is 2.17. The Labute approximate surface area is 135 Å². The molecular weight excluding hydrogens is 288 g/mol. The molecule has 3 N–H and O–H groups in total. The molecule has 6 nitrogen and oxygen atoms in total. The van der Waals surface area contributed by atoms with Crippen LogP contribution >= 0.6 is 0 Å². The van der Waals surface area contributed by atoms with Gasteiger partial charge < -0.3 is 10.6 Å². The van der Waals surface area contributed by atoms with Crippen LogP contribution in [0.1, 0.15) is 22.4 Å². The molecule has 0 saturated carbocycles. The van der Waals surface area contributed by atoms with Crippen LogP contribution < -0.4 is 10.6 Å². The average molecular weight is 308 g/mol. The lowest BCUT2D eigenvalue weighted by atomic mass is 10.1. The van der Waals surface area contributed by atoms with Gasteiger partial charge in [-0.1, -0.05) is 12.1 Å². The Bertz CT molecular complexity index is 771. The van der Waals surface area contributed by atoms with E-state index in [1.165, 1.54) is 11.1 Å². The summed E-state index contributed by atoms with van der Waals surface area (Å²) in [5.74, 6) is 1.15. The van der Waals surface area contributed by atoms with Crippen LogP contribution in [0.2, 0.25) is 0 Å². The van der Waals surface area contributed by atoms with Crippen molar-refractivity contribution < 1.29 is 0 Å². The first-order valence-electron chi connectivity index (χ1n) is 7.51. The number of anilines is 3. The fraction of sp³-hybridized carbons (Fsp3) is 0.235. The van der Waals surface area contributed by atoms with E-state index in [9.17, 15) is 0 Å². The molecule has 0 radical (unpaired) electrons. The van der Waals surface area contributed by atoms with Crippen molar-refractivity contribution in [3.63, 3.8) is 0 Å². The molecular formula is C17H20N6. The predicted molar refractivity (Wildman–Crippen MR) is 91.9 cm³/mol. The van der Waals surface area contributed by atoms with Gasteiger partial charge in [-0.3, -0.25) is 4.98 Å². The Morgan fingerprint density at radius 1 is 1.00 bits per heavy atom. The summed E-state index contributed by atoms with van der Waals surface area (Å²) in [4.78, 5) is 8.73. The zero-order chi connectivity index (χ0) is 16.2. The molecule has 0 bridgehead atoms. The van der Waals surface area contributed by atoms with Gasteiger partial charge >= 0.3 is 0 Å². The van der Waals surface area contributed by atoms with Gasteiger partial charge in [-0.05, 0) is 55.7 Å². The van der Waals surface area contributed by atoms with Gasteiger partial charge in [-0.2, -0.15) is 4.98 Å². The van der Waals surface area contributed by atoms with E-state index < -0.39 is 0 Å². The van der Waals surface area contributed by atoms with Gasteiger partial charge in [0.15, 0.2) is 0 Å². The summed E-state index contributed by atoms with van der Waals surface area (Å²) in [6, 6.07) is 10.3. The minimum Gasteiger partial charge on any atom is -0.349 e. The van der Waals surface area contributed by atoms with Crippen LogP contribution in [-0.2, 0) is 6.54 Å². The second-order valence-electron chi connectivity index (χ2n) is 5.69. The molecule has 0 spiro atoms. The van der Waals surface area contributed by atoms with Crippen molar-refractivity contribution >= 4 is 17.6 Å². The second-order valence-corrected chi connectivity index (χ2v) is 5.69. The number of nitrogens with zero attached hydrogens (tertiary/aromatic N) is 3. The third-order valence-electron chi connectivity index (χ3n) is 3.37. The van der Waals surface area contributed by atoms with E-state index in [0.29, 0.717) is 18.4 Å². The number of pyridine rings is 1. The van der Waals surface area contributed by atoms with E-state index in [-0.39, 0.29) is 0 Å². The summed E-state index contributed by atoms with van der Waals surface area (Å²) in [6.45, 7) is 6.75. The Morgan fingerprint density at radius 3 is 2.48 bits per heavy atom. The van der Waals surface area contributed by atoms with Crippen molar-refractivity contribution in [1.82, 2.24) is 20.2 Å². The number of rotatable bonds is 5. The smallest absolute Gasteiger partial charge is 0.248 e. The Morgan fingerprint density at radius 2 is 1.78 bits per heavy atom. The van der Waals surface area contributed by atoms with Gasteiger partial charge in [0.1, 0.15) is 0 Å². The third-order valence-corrected chi connectivity index (χ3v) is 3.37. The number of aromatic amines is 1. The number of aromatic nitrogens is 4. The number of H-pyrrole nitrogens is 1. The van der Waals surface area contributed by atoms with E-state index in [1.54, 1.807) is 0 Å². The Balaban J connectivity index is 1.62. The number of benzene rings is 1. The molecule has 3 aromatic rings. The van der Waals surface area contributed by atoms with Crippen LogP contribution in [0.5, 0.6) is 0 Å². The molecule has 3 rings (SSSR count). The van der Waals surface area contributed by atoms with E-state index in [1.807, 2.05) is 25.3 Å². The minimum atomic E-state index is 0.536. The first kappa shape index (κ1) is 15.0. The number of hydrogen-bond acceptors (Lipinski definition) is 5. The molecule has 1 aromatic carbocycles. The zero-order valence-corrected chi connectivity index (χ0v) is 13.5. The molecule has 0 amide bonds. The summed E-state index contributed by atoms with van der Waals surface area (Å²) < 4.78 is 0. The highest BCUT2D eigenvalue weighted by molar-refractivity contribution is 5.56. The molecule has 0 aliphatic carbocycles. The van der Waals surface area contributed by atoms with Gasteiger partial charge in [0.2, 0.25) is 11.9 Å². The van der Waals surface area contributed by atoms with Crippen LogP contribution in [0, 0.1) is 20.8 Å². The van der Waals surface area contributed by atoms with Crippen molar-refractivity contribution in [2.75, 3.05) is 10.6 Å². The molecule has 6 heteroatoms. The van der Waals surface area contributed by atoms with Crippen LogP contribution in [-0.4, -0.2) is 20.2 Å². The third kappa shape index (κ3) is 4.06. The van der Waals surface area contributed by atoms with E-state index >= 15 is 0 Å². The fourth-order valence-electron chi connectivity index (χ4n) is 2.35. The topological polar surface area (TPSA) is 78.5 Å². The summed E-state index contributed by atoms with van der Waals surface area (Å²) >= 11 is 0. The van der Waals surface area contributed by atoms with Gasteiger partial charge in [0, 0.05) is 11.9 Å². The standard InChI is InChI=1S/C17H20N6/c1-11-4-5-14(18-9-11)10-19-16-21-17(23-22-16)20-15-7-12(2)6-13(3)8-15/h4-9H,10H2,1-3H3,(H3,19,20,21,22,23). The lowest BCUT2D eigenvalue weighted by Crippen LogP contribution is -2.03. The first-order chi connectivity index (χ1) is 11.1. The highest BCUT2D eigenvalue weighted by Gasteiger charge is 2.04. The number of hydrogen-bond donors (Lipinski definition) is 3. The predicted octanol–water partition coefficient (Wildman–Crippen LogP) is 3.48. The lowest BCUT2D eigenvalue weighted by Gasteiger charge is -2.05. The highest BCUT2D eigenvalue weighted by atomic mass is 15.3. The van der Waals surface area contributed by atoms with Crippen molar-refractivity contribution in [2.45, 2.75) is 27.3 Å². The molecule has 2 heterocycles. The zero-order valence-electron chi connectivity index (χ0n) is 13.5. The summed E-state index contributed by atoms with van der Waals surface area (Å²) in [6.07, 6.45) is 1.85. The maximum absolute atomic E-state index is 4.38. The molecule has 0 atom stereocenters. The largest absolute Gasteiger partial charge is 0.349 e. The van der Waals surface area contributed by atoms with Crippen LogP contribution in [0.4, 0.5) is 17.6 Å². The molecule has 0 saturated heterocycles. The maximum Gasteiger partial charge on any atom is 0.248 e. The van der Waals surface area contributed by atoms with Crippen molar-refractivity contribution in [2.24, 2.45) is 0 Å². The molecule has 118 valence electrons. The van der Waals surface area contributed by atoms with Crippen LogP contribution in [0.15, 0.2) is 36.5 Å². The summed E-state index contributed by atoms with van der Waals surface area (Å²) in [5, 5.41) is 13.4. The second kappa shape index (κ2) is 6.48. The molecule has 0 aliphatic rings. The first-order valence-corrected chi connectivity index (χ1v) is 7.51. The maximum atomic E-state index is 4.38. The monoisotopic (exact) mass is 308 g/mol. The number of aryl methyl sites for hydroxylation is 3. The molecule has 0 aliphatic heterocycles. The van der Waals surface area contributed by atoms with Crippen molar-refractivity contribution in [1.29, 1.82) is 0 Å².